The van der Waals surface area contributed by atoms with E-state index in [0.717, 1.165) is 11.1 Å². The third kappa shape index (κ3) is 2.07. The van der Waals surface area contributed by atoms with Crippen LogP contribution in [0.15, 0.2) is 60.7 Å². The minimum atomic E-state index is -0.393. The molecule has 0 spiro atoms. The highest BCUT2D eigenvalue weighted by atomic mass is 19.1. The van der Waals surface area contributed by atoms with Gasteiger partial charge in [-0.05, 0) is 35.0 Å². The molecule has 0 atom stereocenters. The molecule has 3 aromatic rings. The van der Waals surface area contributed by atoms with Gasteiger partial charge in [0.2, 0.25) is 0 Å². The van der Waals surface area contributed by atoms with Gasteiger partial charge in [0.25, 0.3) is 0 Å². The summed E-state index contributed by atoms with van der Waals surface area (Å²) in [6, 6.07) is 19.1. The van der Waals surface area contributed by atoms with Gasteiger partial charge in [0, 0.05) is 12.7 Å². The Morgan fingerprint density at radius 1 is 0.900 bits per heavy atom. The lowest BCUT2D eigenvalue weighted by molar-refractivity contribution is 0.632. The summed E-state index contributed by atoms with van der Waals surface area (Å²) >= 11 is 0. The average Bonchev–Trinajstić information content (AvgIpc) is 2.49. The largest absolute Gasteiger partial charge is 0.395 e. The van der Waals surface area contributed by atoms with Crippen molar-refractivity contribution in [1.82, 2.24) is 0 Å². The van der Waals surface area contributed by atoms with E-state index in [1.165, 1.54) is 11.5 Å². The average molecular weight is 266 g/mol. The standard InChI is InChI=1S/C17H15FN2/c1-20(16-8-4-7-15(18)17(16)19)14-10-9-12-5-2-3-6-13(12)11-14/h2-11H,19H2,1H3. The van der Waals surface area contributed by atoms with E-state index in [9.17, 15) is 4.39 Å². The monoisotopic (exact) mass is 266 g/mol. The summed E-state index contributed by atoms with van der Waals surface area (Å²) in [5.74, 6) is -0.393. The second-order valence-electron chi connectivity index (χ2n) is 4.76. The molecule has 100 valence electrons. The first-order valence-electron chi connectivity index (χ1n) is 6.43. The number of nitrogens with two attached hydrogens (primary N) is 1. The molecule has 2 N–H and O–H groups in total. The molecule has 3 aromatic carbocycles. The Balaban J connectivity index is 2.08. The number of anilines is 3. The van der Waals surface area contributed by atoms with Crippen LogP contribution in [0.25, 0.3) is 10.8 Å². The molecule has 0 bridgehead atoms. The van der Waals surface area contributed by atoms with E-state index in [1.807, 2.05) is 36.2 Å². The summed E-state index contributed by atoms with van der Waals surface area (Å²) in [5.41, 5.74) is 7.63. The third-order valence-electron chi connectivity index (χ3n) is 3.51. The van der Waals surface area contributed by atoms with Crippen LogP contribution in [-0.4, -0.2) is 7.05 Å². The Hall–Kier alpha value is -2.55. The normalized spacial score (nSPS) is 10.7. The molecule has 0 amide bonds. The van der Waals surface area contributed by atoms with Crippen molar-refractivity contribution >= 4 is 27.8 Å². The quantitative estimate of drug-likeness (QED) is 0.699. The van der Waals surface area contributed by atoms with Gasteiger partial charge in [-0.15, -0.1) is 0 Å². The van der Waals surface area contributed by atoms with Crippen LogP contribution in [0.2, 0.25) is 0 Å². The van der Waals surface area contributed by atoms with E-state index < -0.39 is 5.82 Å². The topological polar surface area (TPSA) is 29.3 Å². The zero-order valence-corrected chi connectivity index (χ0v) is 11.2. The minimum Gasteiger partial charge on any atom is -0.395 e. The van der Waals surface area contributed by atoms with E-state index >= 15 is 0 Å². The van der Waals surface area contributed by atoms with Crippen LogP contribution in [0.1, 0.15) is 0 Å². The lowest BCUT2D eigenvalue weighted by atomic mass is 10.1. The summed E-state index contributed by atoms with van der Waals surface area (Å²) in [5, 5.41) is 2.32. The van der Waals surface area contributed by atoms with Crippen molar-refractivity contribution in [3.05, 3.63) is 66.5 Å². The number of hydrogen-bond donors (Lipinski definition) is 1. The molecule has 3 heteroatoms. The van der Waals surface area contributed by atoms with Gasteiger partial charge in [-0.3, -0.25) is 0 Å². The molecule has 0 saturated heterocycles. The summed E-state index contributed by atoms with van der Waals surface area (Å²) in [7, 11) is 1.88. The van der Waals surface area contributed by atoms with Crippen LogP contribution >= 0.6 is 0 Å². The molecule has 0 radical (unpaired) electrons. The highest BCUT2D eigenvalue weighted by Crippen LogP contribution is 2.32. The molecule has 3 rings (SSSR count). The summed E-state index contributed by atoms with van der Waals surface area (Å²) < 4.78 is 13.6. The fourth-order valence-electron chi connectivity index (χ4n) is 2.34. The number of fused-ring (bicyclic) bond motifs is 1. The maximum absolute atomic E-state index is 13.6. The number of hydrogen-bond acceptors (Lipinski definition) is 2. The minimum absolute atomic E-state index is 0.170. The van der Waals surface area contributed by atoms with Crippen molar-refractivity contribution in [2.45, 2.75) is 0 Å². The van der Waals surface area contributed by atoms with Crippen molar-refractivity contribution in [3.8, 4) is 0 Å². The van der Waals surface area contributed by atoms with Crippen molar-refractivity contribution < 1.29 is 4.39 Å². The first kappa shape index (κ1) is 12.5. The van der Waals surface area contributed by atoms with Crippen LogP contribution in [0.4, 0.5) is 21.5 Å². The van der Waals surface area contributed by atoms with Crippen molar-refractivity contribution in [2.75, 3.05) is 17.7 Å². The fraction of sp³-hybridized carbons (Fsp3) is 0.0588. The highest BCUT2D eigenvalue weighted by molar-refractivity contribution is 5.87. The van der Waals surface area contributed by atoms with Crippen molar-refractivity contribution in [2.24, 2.45) is 0 Å². The first-order chi connectivity index (χ1) is 9.66. The van der Waals surface area contributed by atoms with Gasteiger partial charge in [-0.1, -0.05) is 36.4 Å². The van der Waals surface area contributed by atoms with E-state index in [0.29, 0.717) is 5.69 Å². The molecule has 20 heavy (non-hydrogen) atoms. The first-order valence-corrected chi connectivity index (χ1v) is 6.43. The molecule has 0 aromatic heterocycles. The maximum atomic E-state index is 13.6. The Kier molecular flexibility index (Phi) is 3.03. The van der Waals surface area contributed by atoms with Gasteiger partial charge in [-0.25, -0.2) is 4.39 Å². The predicted molar refractivity (Wildman–Crippen MR) is 82.8 cm³/mol. The van der Waals surface area contributed by atoms with Gasteiger partial charge in [0.1, 0.15) is 5.82 Å². The number of rotatable bonds is 2. The van der Waals surface area contributed by atoms with E-state index in [1.54, 1.807) is 6.07 Å². The van der Waals surface area contributed by atoms with Crippen molar-refractivity contribution in [3.63, 3.8) is 0 Å². The molecule has 0 unspecified atom stereocenters. The predicted octanol–water partition coefficient (Wildman–Crippen LogP) is 4.33. The van der Waals surface area contributed by atoms with Gasteiger partial charge < -0.3 is 10.6 Å². The van der Waals surface area contributed by atoms with Gasteiger partial charge >= 0.3 is 0 Å². The van der Waals surface area contributed by atoms with E-state index in [4.69, 9.17) is 5.73 Å². The zero-order chi connectivity index (χ0) is 14.1. The molecule has 0 fully saturated rings. The van der Waals surface area contributed by atoms with Crippen LogP contribution in [0, 0.1) is 5.82 Å². The molecule has 2 nitrogen and oxygen atoms in total. The number of para-hydroxylation sites is 1. The summed E-state index contributed by atoms with van der Waals surface area (Å²) in [4.78, 5) is 1.89. The molecule has 0 aliphatic carbocycles. The summed E-state index contributed by atoms with van der Waals surface area (Å²) in [6.45, 7) is 0. The van der Waals surface area contributed by atoms with Gasteiger partial charge in [0.15, 0.2) is 0 Å². The number of nitrogens with zero attached hydrogens (tertiary/aromatic N) is 1. The Labute approximate surface area is 117 Å². The fourth-order valence-corrected chi connectivity index (χ4v) is 2.34. The lowest BCUT2D eigenvalue weighted by Crippen LogP contribution is -2.12. The van der Waals surface area contributed by atoms with Gasteiger partial charge in [-0.2, -0.15) is 0 Å². The molecular weight excluding hydrogens is 251 g/mol. The maximum Gasteiger partial charge on any atom is 0.148 e. The lowest BCUT2D eigenvalue weighted by Gasteiger charge is -2.21. The Morgan fingerprint density at radius 2 is 1.65 bits per heavy atom. The molecule has 0 saturated carbocycles. The van der Waals surface area contributed by atoms with Crippen LogP contribution in [-0.2, 0) is 0 Å². The zero-order valence-electron chi connectivity index (χ0n) is 11.2. The molecular formula is C17H15FN2. The number of halogens is 1. The summed E-state index contributed by atoms with van der Waals surface area (Å²) in [6.07, 6.45) is 0. The van der Waals surface area contributed by atoms with Crippen LogP contribution in [0.3, 0.4) is 0 Å². The van der Waals surface area contributed by atoms with Gasteiger partial charge in [0.05, 0.1) is 11.4 Å². The molecule has 0 aliphatic rings. The van der Waals surface area contributed by atoms with Crippen molar-refractivity contribution in [1.29, 1.82) is 0 Å². The Morgan fingerprint density at radius 3 is 2.45 bits per heavy atom. The molecule has 0 aliphatic heterocycles. The second kappa shape index (κ2) is 4.85. The second-order valence-corrected chi connectivity index (χ2v) is 4.76. The van der Waals surface area contributed by atoms with E-state index in [2.05, 4.69) is 24.3 Å². The third-order valence-corrected chi connectivity index (χ3v) is 3.51. The molecule has 0 heterocycles. The van der Waals surface area contributed by atoms with E-state index in [-0.39, 0.29) is 5.69 Å². The number of nitrogen functional groups attached to an aromatic ring is 1. The van der Waals surface area contributed by atoms with Crippen LogP contribution < -0.4 is 10.6 Å². The SMILES string of the molecule is CN(c1ccc2ccccc2c1)c1cccc(F)c1N. The number of benzene rings is 3. The van der Waals surface area contributed by atoms with Crippen LogP contribution in [0.5, 0.6) is 0 Å². The highest BCUT2D eigenvalue weighted by Gasteiger charge is 2.10. The smallest absolute Gasteiger partial charge is 0.148 e. The Bertz CT molecular complexity index is 768.